The molecule has 3 aromatic heterocycles. The summed E-state index contributed by atoms with van der Waals surface area (Å²) < 4.78 is 30.4. The normalized spacial score (nSPS) is 17.0. The molecule has 1 unspecified atom stereocenters. The summed E-state index contributed by atoms with van der Waals surface area (Å²) in [4.78, 5) is 6.78. The quantitative estimate of drug-likeness (QED) is 0.444. The monoisotopic (exact) mass is 462 g/mol. The van der Waals surface area contributed by atoms with Crippen LogP contribution in [0.2, 0.25) is 0 Å². The molecule has 0 spiro atoms. The highest BCUT2D eigenvalue weighted by molar-refractivity contribution is 9.11. The average Bonchev–Trinajstić information content (AvgIpc) is 3.42. The molecular formula is C18H13BrF2N6S. The van der Waals surface area contributed by atoms with Crippen molar-refractivity contribution >= 4 is 38.7 Å². The molecule has 0 radical (unpaired) electrons. The van der Waals surface area contributed by atoms with Crippen molar-refractivity contribution in [3.8, 4) is 10.6 Å². The van der Waals surface area contributed by atoms with Gasteiger partial charge in [-0.3, -0.25) is 0 Å². The van der Waals surface area contributed by atoms with Gasteiger partial charge in [0.1, 0.15) is 17.5 Å². The average molecular weight is 463 g/mol. The van der Waals surface area contributed by atoms with Crippen molar-refractivity contribution in [1.29, 1.82) is 0 Å². The lowest BCUT2D eigenvalue weighted by atomic mass is 10.0. The molecule has 1 aliphatic rings. The maximum Gasteiger partial charge on any atom is 0.183 e. The third kappa shape index (κ3) is 2.96. The van der Waals surface area contributed by atoms with Gasteiger partial charge in [0.25, 0.3) is 0 Å². The van der Waals surface area contributed by atoms with Crippen LogP contribution < -0.4 is 4.90 Å². The highest BCUT2D eigenvalue weighted by Gasteiger charge is 2.30. The molecule has 0 bridgehead atoms. The van der Waals surface area contributed by atoms with Crippen LogP contribution in [-0.2, 0) is 0 Å². The maximum absolute atomic E-state index is 14.4. The van der Waals surface area contributed by atoms with Crippen LogP contribution in [-0.4, -0.2) is 31.3 Å². The fourth-order valence-electron chi connectivity index (χ4n) is 3.62. The van der Waals surface area contributed by atoms with Crippen LogP contribution in [0.3, 0.4) is 0 Å². The number of hydrogen-bond acceptors (Lipinski definition) is 6. The number of rotatable bonds is 3. The lowest BCUT2D eigenvalue weighted by Gasteiger charge is -2.26. The van der Waals surface area contributed by atoms with E-state index in [1.165, 1.54) is 23.5 Å². The summed E-state index contributed by atoms with van der Waals surface area (Å²) in [6, 6.07) is 5.18. The predicted molar refractivity (Wildman–Crippen MR) is 105 cm³/mol. The Bertz CT molecular complexity index is 1180. The van der Waals surface area contributed by atoms with E-state index < -0.39 is 11.6 Å². The molecule has 1 aromatic carbocycles. The first kappa shape index (κ1) is 17.6. The molecule has 4 heterocycles. The summed E-state index contributed by atoms with van der Waals surface area (Å²) in [5.74, 6) is -0.140. The zero-order valence-corrected chi connectivity index (χ0v) is 16.8. The highest BCUT2D eigenvalue weighted by Crippen LogP contribution is 2.37. The van der Waals surface area contributed by atoms with E-state index in [1.807, 2.05) is 17.2 Å². The second kappa shape index (κ2) is 6.85. The van der Waals surface area contributed by atoms with Crippen LogP contribution in [0, 0.1) is 11.6 Å². The van der Waals surface area contributed by atoms with E-state index in [9.17, 15) is 8.78 Å². The van der Waals surface area contributed by atoms with Crippen LogP contribution in [0.25, 0.3) is 16.2 Å². The van der Waals surface area contributed by atoms with E-state index in [0.717, 1.165) is 31.0 Å². The van der Waals surface area contributed by atoms with Crippen molar-refractivity contribution in [2.45, 2.75) is 18.9 Å². The summed E-state index contributed by atoms with van der Waals surface area (Å²) in [7, 11) is 0. The number of anilines is 1. The molecular weight excluding hydrogens is 450 g/mol. The van der Waals surface area contributed by atoms with Crippen LogP contribution >= 0.6 is 27.3 Å². The molecule has 1 saturated heterocycles. The highest BCUT2D eigenvalue weighted by atomic mass is 79.9. The number of aromatic nitrogens is 5. The first-order valence-electron chi connectivity index (χ1n) is 8.65. The predicted octanol–water partition coefficient (Wildman–Crippen LogP) is 4.63. The minimum Gasteiger partial charge on any atom is -0.349 e. The van der Waals surface area contributed by atoms with Gasteiger partial charge in [-0.15, -0.1) is 10.2 Å². The Kier molecular flexibility index (Phi) is 4.31. The second-order valence-electron chi connectivity index (χ2n) is 6.49. The van der Waals surface area contributed by atoms with Crippen LogP contribution in [0.15, 0.2) is 40.6 Å². The third-order valence-electron chi connectivity index (χ3n) is 4.85. The van der Waals surface area contributed by atoms with Gasteiger partial charge in [0, 0.05) is 18.3 Å². The smallest absolute Gasteiger partial charge is 0.183 e. The van der Waals surface area contributed by atoms with Crippen LogP contribution in [0.4, 0.5) is 14.6 Å². The minimum atomic E-state index is -0.438. The number of benzene rings is 1. The van der Waals surface area contributed by atoms with E-state index in [0.29, 0.717) is 26.0 Å². The van der Waals surface area contributed by atoms with Crippen molar-refractivity contribution in [2.24, 2.45) is 0 Å². The number of nitrogens with zero attached hydrogens (tertiary/aromatic N) is 6. The molecule has 1 aliphatic heterocycles. The van der Waals surface area contributed by atoms with Crippen molar-refractivity contribution in [1.82, 2.24) is 24.8 Å². The Morgan fingerprint density at radius 3 is 2.89 bits per heavy atom. The molecule has 1 fully saturated rings. The van der Waals surface area contributed by atoms with Gasteiger partial charge in [-0.2, -0.15) is 5.10 Å². The lowest BCUT2D eigenvalue weighted by molar-refractivity contribution is 0.560. The zero-order valence-electron chi connectivity index (χ0n) is 14.4. The summed E-state index contributed by atoms with van der Waals surface area (Å²) in [5.41, 5.74) is 1.78. The topological polar surface area (TPSA) is 59.2 Å². The molecule has 0 amide bonds. The van der Waals surface area contributed by atoms with E-state index in [1.54, 1.807) is 10.7 Å². The zero-order chi connectivity index (χ0) is 19.3. The first-order chi connectivity index (χ1) is 13.6. The van der Waals surface area contributed by atoms with Crippen molar-refractivity contribution in [2.75, 3.05) is 11.4 Å². The molecule has 0 aliphatic carbocycles. The van der Waals surface area contributed by atoms with Crippen molar-refractivity contribution in [3.05, 3.63) is 57.8 Å². The van der Waals surface area contributed by atoms with Crippen molar-refractivity contribution in [3.63, 3.8) is 0 Å². The number of hydrogen-bond donors (Lipinski definition) is 0. The molecule has 0 N–H and O–H groups in total. The van der Waals surface area contributed by atoms with E-state index in [2.05, 4.69) is 31.2 Å². The first-order valence-corrected chi connectivity index (χ1v) is 10.3. The molecule has 5 rings (SSSR count). The van der Waals surface area contributed by atoms with Gasteiger partial charge in [-0.25, -0.2) is 18.3 Å². The maximum atomic E-state index is 14.4. The van der Waals surface area contributed by atoms with Gasteiger partial charge < -0.3 is 4.90 Å². The van der Waals surface area contributed by atoms with Gasteiger partial charge in [-0.05, 0) is 53.0 Å². The Morgan fingerprint density at radius 1 is 1.18 bits per heavy atom. The van der Waals surface area contributed by atoms with Crippen LogP contribution in [0.1, 0.15) is 24.4 Å². The molecule has 6 nitrogen and oxygen atoms in total. The van der Waals surface area contributed by atoms with Gasteiger partial charge in [-0.1, -0.05) is 11.3 Å². The fourth-order valence-corrected chi connectivity index (χ4v) is 4.73. The molecule has 10 heteroatoms. The Morgan fingerprint density at radius 2 is 2.07 bits per heavy atom. The summed E-state index contributed by atoms with van der Waals surface area (Å²) >= 11 is 4.71. The number of fused-ring (bicyclic) bond motifs is 1. The SMILES string of the molecule is Fc1ccc(F)c(C2CCCN2c2ccn3ncc(-c4nnc(Br)s4)c3n2)c1. The summed E-state index contributed by atoms with van der Waals surface area (Å²) in [5, 5.41) is 13.2. The molecule has 28 heavy (non-hydrogen) atoms. The fraction of sp³-hybridized carbons (Fsp3) is 0.222. The van der Waals surface area contributed by atoms with E-state index in [4.69, 9.17) is 4.98 Å². The molecule has 4 aromatic rings. The molecule has 142 valence electrons. The Hall–Kier alpha value is -2.46. The van der Waals surface area contributed by atoms with Gasteiger partial charge >= 0.3 is 0 Å². The minimum absolute atomic E-state index is 0.257. The number of halogens is 3. The van der Waals surface area contributed by atoms with E-state index in [-0.39, 0.29) is 6.04 Å². The van der Waals surface area contributed by atoms with Crippen LogP contribution in [0.5, 0.6) is 0 Å². The van der Waals surface area contributed by atoms with Gasteiger partial charge in [0.05, 0.1) is 17.8 Å². The largest absolute Gasteiger partial charge is 0.349 e. The summed E-state index contributed by atoms with van der Waals surface area (Å²) in [6.45, 7) is 0.720. The second-order valence-corrected chi connectivity index (χ2v) is 8.74. The van der Waals surface area contributed by atoms with E-state index >= 15 is 0 Å². The standard InChI is InChI=1S/C18H13BrF2N6S/c19-18-25-24-17(28-18)12-9-22-27-7-5-15(23-16(12)27)26-6-1-2-14(26)11-8-10(20)3-4-13(11)21/h3-5,7-9,14H,1-2,6H2. The lowest BCUT2D eigenvalue weighted by Crippen LogP contribution is -2.24. The van der Waals surface area contributed by atoms with Crippen molar-refractivity contribution < 1.29 is 8.78 Å². The summed E-state index contributed by atoms with van der Waals surface area (Å²) in [6.07, 6.45) is 5.13. The third-order valence-corrected chi connectivity index (χ3v) is 6.24. The van der Waals surface area contributed by atoms with Gasteiger partial charge in [0.2, 0.25) is 0 Å². The Labute approximate surface area is 171 Å². The van der Waals surface area contributed by atoms with Gasteiger partial charge in [0.15, 0.2) is 14.6 Å². The molecule has 0 saturated carbocycles. The Balaban J connectivity index is 1.57. The molecule has 1 atom stereocenters.